The average molecular weight is 332 g/mol. The highest BCUT2D eigenvalue weighted by Crippen LogP contribution is 2.61. The molecule has 0 amide bonds. The van der Waals surface area contributed by atoms with E-state index in [9.17, 15) is 4.79 Å². The number of ether oxygens (including phenoxy) is 3. The molecule has 4 bridgehead atoms. The van der Waals surface area contributed by atoms with E-state index in [0.29, 0.717) is 23.7 Å². The zero-order valence-electron chi connectivity index (χ0n) is 14.5. The van der Waals surface area contributed by atoms with E-state index in [1.54, 1.807) is 0 Å². The number of allylic oxidation sites excluding steroid dienone is 2. The van der Waals surface area contributed by atoms with Crippen LogP contribution in [0.5, 0.6) is 0 Å². The number of hydrogen-bond acceptors (Lipinski definition) is 4. The fraction of sp³-hybridized carbons (Fsp3) is 0.850. The van der Waals surface area contributed by atoms with Gasteiger partial charge in [-0.3, -0.25) is 4.79 Å². The van der Waals surface area contributed by atoms with E-state index in [0.717, 1.165) is 25.7 Å². The maximum absolute atomic E-state index is 12.6. The van der Waals surface area contributed by atoms with E-state index in [-0.39, 0.29) is 36.5 Å². The lowest BCUT2D eigenvalue weighted by atomic mass is 9.69. The van der Waals surface area contributed by atoms with Gasteiger partial charge in [0.05, 0.1) is 23.7 Å². The van der Waals surface area contributed by atoms with Crippen molar-refractivity contribution in [1.29, 1.82) is 0 Å². The molecule has 2 saturated heterocycles. The lowest BCUT2D eigenvalue weighted by Crippen LogP contribution is -2.40. The minimum Gasteiger partial charge on any atom is -0.438 e. The Morgan fingerprint density at radius 1 is 1.17 bits per heavy atom. The zero-order valence-corrected chi connectivity index (χ0v) is 14.5. The second-order valence-corrected chi connectivity index (χ2v) is 8.55. The Labute approximate surface area is 143 Å². The molecule has 3 aliphatic carbocycles. The highest BCUT2D eigenvalue weighted by molar-refractivity contribution is 5.74. The molecule has 4 nitrogen and oxygen atoms in total. The SMILES string of the molecule is CCC1(OCOC(=O)C2CC3OC2C2C4C=CC(C4)C32)CCCC1. The summed E-state index contributed by atoms with van der Waals surface area (Å²) < 4.78 is 17.7. The van der Waals surface area contributed by atoms with Gasteiger partial charge in [0.25, 0.3) is 0 Å². The molecule has 0 spiro atoms. The number of rotatable bonds is 5. The van der Waals surface area contributed by atoms with Crippen LogP contribution in [0.25, 0.3) is 0 Å². The summed E-state index contributed by atoms with van der Waals surface area (Å²) >= 11 is 0. The van der Waals surface area contributed by atoms with Crippen LogP contribution in [0.2, 0.25) is 0 Å². The quantitative estimate of drug-likeness (QED) is 0.439. The standard InChI is InChI=1S/C20H28O4/c1-2-20(7-3-4-8-20)23-11-22-19(21)14-10-15-16-12-5-6-13(9-12)17(16)18(14)24-15/h5-6,12-18H,2-4,7-11H2,1H3. The summed E-state index contributed by atoms with van der Waals surface area (Å²) in [6.07, 6.45) is 12.8. The summed E-state index contributed by atoms with van der Waals surface area (Å²) in [7, 11) is 0. The molecule has 0 aromatic carbocycles. The van der Waals surface area contributed by atoms with Gasteiger partial charge in [-0.1, -0.05) is 31.9 Å². The van der Waals surface area contributed by atoms with Crippen LogP contribution in [0, 0.1) is 29.6 Å². The molecule has 2 saturated carbocycles. The van der Waals surface area contributed by atoms with Gasteiger partial charge in [-0.2, -0.15) is 0 Å². The Kier molecular flexibility index (Phi) is 3.57. The van der Waals surface area contributed by atoms with E-state index in [4.69, 9.17) is 14.2 Å². The van der Waals surface area contributed by atoms with Crippen LogP contribution in [-0.2, 0) is 19.0 Å². The monoisotopic (exact) mass is 332 g/mol. The molecule has 2 heterocycles. The molecule has 0 radical (unpaired) electrons. The molecule has 5 aliphatic rings. The van der Waals surface area contributed by atoms with Crippen molar-refractivity contribution in [1.82, 2.24) is 0 Å². The predicted molar refractivity (Wildman–Crippen MR) is 88.0 cm³/mol. The lowest BCUT2D eigenvalue weighted by molar-refractivity contribution is -0.179. The molecule has 0 N–H and O–H groups in total. The summed E-state index contributed by atoms with van der Waals surface area (Å²) in [6.45, 7) is 2.28. The molecule has 4 fully saturated rings. The van der Waals surface area contributed by atoms with Gasteiger partial charge in [-0.05, 0) is 55.8 Å². The Bertz CT molecular complexity index is 550. The van der Waals surface area contributed by atoms with Crippen molar-refractivity contribution in [3.63, 3.8) is 0 Å². The van der Waals surface area contributed by atoms with Crippen molar-refractivity contribution in [3.8, 4) is 0 Å². The van der Waals surface area contributed by atoms with Gasteiger partial charge in [0.2, 0.25) is 0 Å². The van der Waals surface area contributed by atoms with E-state index in [2.05, 4.69) is 19.1 Å². The summed E-state index contributed by atoms with van der Waals surface area (Å²) in [4.78, 5) is 12.6. The second kappa shape index (κ2) is 5.57. The van der Waals surface area contributed by atoms with E-state index in [1.807, 2.05) is 0 Å². The van der Waals surface area contributed by atoms with Crippen LogP contribution in [0.4, 0.5) is 0 Å². The van der Waals surface area contributed by atoms with Gasteiger partial charge in [0, 0.05) is 0 Å². The third-order valence-corrected chi connectivity index (χ3v) is 7.63. The molecule has 4 heteroatoms. The molecular weight excluding hydrogens is 304 g/mol. The van der Waals surface area contributed by atoms with E-state index in [1.165, 1.54) is 19.3 Å². The van der Waals surface area contributed by atoms with Crippen LogP contribution in [-0.4, -0.2) is 30.6 Å². The lowest BCUT2D eigenvalue weighted by Gasteiger charge is -2.32. The number of hydrogen-bond donors (Lipinski definition) is 0. The predicted octanol–water partition coefficient (Wildman–Crippen LogP) is 3.45. The second-order valence-electron chi connectivity index (χ2n) is 8.55. The van der Waals surface area contributed by atoms with Crippen molar-refractivity contribution < 1.29 is 19.0 Å². The molecule has 7 unspecified atom stereocenters. The number of carbonyl (C=O) groups excluding carboxylic acids is 1. The molecule has 2 aliphatic heterocycles. The third-order valence-electron chi connectivity index (χ3n) is 7.63. The van der Waals surface area contributed by atoms with Crippen LogP contribution in [0.1, 0.15) is 51.9 Å². The maximum atomic E-state index is 12.6. The smallest absolute Gasteiger partial charge is 0.313 e. The molecule has 5 rings (SSSR count). The fourth-order valence-electron chi connectivity index (χ4n) is 6.40. The molecule has 7 atom stereocenters. The van der Waals surface area contributed by atoms with Crippen molar-refractivity contribution in [2.45, 2.75) is 69.7 Å². The first kappa shape index (κ1) is 15.4. The highest BCUT2D eigenvalue weighted by atomic mass is 16.7. The van der Waals surface area contributed by atoms with Crippen molar-refractivity contribution in [2.75, 3.05) is 6.79 Å². The van der Waals surface area contributed by atoms with Crippen LogP contribution in [0.15, 0.2) is 12.2 Å². The van der Waals surface area contributed by atoms with Gasteiger partial charge in [0.15, 0.2) is 6.79 Å². The van der Waals surface area contributed by atoms with Gasteiger partial charge in [0.1, 0.15) is 0 Å². The van der Waals surface area contributed by atoms with Crippen molar-refractivity contribution in [3.05, 3.63) is 12.2 Å². The molecule has 0 aromatic heterocycles. The van der Waals surface area contributed by atoms with Crippen LogP contribution >= 0.6 is 0 Å². The molecule has 132 valence electrons. The third kappa shape index (κ3) is 2.15. The topological polar surface area (TPSA) is 44.8 Å². The van der Waals surface area contributed by atoms with Crippen LogP contribution in [0.3, 0.4) is 0 Å². The van der Waals surface area contributed by atoms with Gasteiger partial charge in [-0.15, -0.1) is 0 Å². The first-order valence-corrected chi connectivity index (χ1v) is 9.85. The molecule has 24 heavy (non-hydrogen) atoms. The molecule has 0 aromatic rings. The van der Waals surface area contributed by atoms with E-state index >= 15 is 0 Å². The Balaban J connectivity index is 1.18. The average Bonchev–Trinajstić information content (AvgIpc) is 3.39. The number of esters is 1. The summed E-state index contributed by atoms with van der Waals surface area (Å²) in [5.41, 5.74) is -0.0496. The highest BCUT2D eigenvalue weighted by Gasteiger charge is 2.64. The maximum Gasteiger partial charge on any atom is 0.313 e. The minimum atomic E-state index is -0.100. The van der Waals surface area contributed by atoms with Gasteiger partial charge < -0.3 is 14.2 Å². The number of fused-ring (bicyclic) bond motifs is 9. The zero-order chi connectivity index (χ0) is 16.3. The number of carbonyl (C=O) groups is 1. The van der Waals surface area contributed by atoms with Gasteiger partial charge >= 0.3 is 5.97 Å². The summed E-state index contributed by atoms with van der Waals surface area (Å²) in [5, 5.41) is 0. The van der Waals surface area contributed by atoms with Crippen molar-refractivity contribution >= 4 is 5.97 Å². The van der Waals surface area contributed by atoms with Crippen molar-refractivity contribution in [2.24, 2.45) is 29.6 Å². The minimum absolute atomic E-state index is 0.0496. The van der Waals surface area contributed by atoms with Gasteiger partial charge in [-0.25, -0.2) is 0 Å². The Morgan fingerprint density at radius 2 is 1.92 bits per heavy atom. The Morgan fingerprint density at radius 3 is 2.67 bits per heavy atom. The first-order chi connectivity index (χ1) is 11.7. The molecular formula is C20H28O4. The first-order valence-electron chi connectivity index (χ1n) is 9.85. The van der Waals surface area contributed by atoms with E-state index < -0.39 is 0 Å². The van der Waals surface area contributed by atoms with Crippen LogP contribution < -0.4 is 0 Å². The Hall–Kier alpha value is -0.870. The summed E-state index contributed by atoms with van der Waals surface area (Å²) in [6, 6.07) is 0. The normalized spacial score (nSPS) is 46.6. The fourth-order valence-corrected chi connectivity index (χ4v) is 6.40. The largest absolute Gasteiger partial charge is 0.438 e. The summed E-state index contributed by atoms with van der Waals surface area (Å²) in [5.74, 6) is 2.36.